The standard InChI is InChI=1S/C37H55FO2/c1-24(2)13-12-14-25(3)29-23-31(38)37(8)28-17-18-30-34(4,5)32(40-33(39)26-15-10-9-11-16-26)20-21-35(30,6)27(28)19-22-36(29,37)7/h9-11,15-17,24-25,27,29-32H,12-14,18-23H2,1-8H3/t25-,27+,29-,30+,31+,32+,35-,36-,37-/m1/s1. The number of allylic oxidation sites excluding steroid dienone is 2. The van der Waals surface area contributed by atoms with Gasteiger partial charge in [-0.05, 0) is 91.1 Å². The maximum absolute atomic E-state index is 16.5. The zero-order chi connectivity index (χ0) is 29.1. The second-order valence-corrected chi connectivity index (χ2v) is 15.9. The lowest BCUT2D eigenvalue weighted by Gasteiger charge is -2.64. The zero-order valence-corrected chi connectivity index (χ0v) is 26.6. The normalized spacial score (nSPS) is 41.0. The first kappa shape index (κ1) is 29.8. The molecule has 4 aliphatic carbocycles. The fourth-order valence-corrected chi connectivity index (χ4v) is 10.6. The highest BCUT2D eigenvalue weighted by molar-refractivity contribution is 5.89. The van der Waals surface area contributed by atoms with E-state index in [4.69, 9.17) is 4.74 Å². The van der Waals surface area contributed by atoms with Gasteiger partial charge in [-0.1, -0.05) is 105 Å². The predicted octanol–water partition coefficient (Wildman–Crippen LogP) is 10.2. The number of carbonyl (C=O) groups is 1. The average Bonchev–Trinajstić information content (AvgIpc) is 3.12. The van der Waals surface area contributed by atoms with Crippen molar-refractivity contribution in [3.05, 3.63) is 47.5 Å². The van der Waals surface area contributed by atoms with Gasteiger partial charge in [0, 0.05) is 10.8 Å². The van der Waals surface area contributed by atoms with Crippen LogP contribution in [-0.2, 0) is 4.74 Å². The Morgan fingerprint density at radius 1 is 1.00 bits per heavy atom. The van der Waals surface area contributed by atoms with Crippen molar-refractivity contribution in [3.63, 3.8) is 0 Å². The Morgan fingerprint density at radius 2 is 1.70 bits per heavy atom. The van der Waals surface area contributed by atoms with Crippen LogP contribution < -0.4 is 0 Å². The number of carbonyl (C=O) groups excluding carboxylic acids is 1. The monoisotopic (exact) mass is 550 g/mol. The summed E-state index contributed by atoms with van der Waals surface area (Å²) in [6, 6.07) is 9.39. The summed E-state index contributed by atoms with van der Waals surface area (Å²) in [6.45, 7) is 18.9. The third-order valence-electron chi connectivity index (χ3n) is 13.2. The van der Waals surface area contributed by atoms with Crippen LogP contribution in [0.2, 0.25) is 0 Å². The molecule has 0 heterocycles. The van der Waals surface area contributed by atoms with E-state index in [0.717, 1.165) is 44.4 Å². The molecule has 40 heavy (non-hydrogen) atoms. The molecule has 0 radical (unpaired) electrons. The van der Waals surface area contributed by atoms with Crippen molar-refractivity contribution in [1.82, 2.24) is 0 Å². The Bertz CT molecular complexity index is 1110. The molecule has 0 amide bonds. The molecule has 3 fully saturated rings. The Balaban J connectivity index is 1.39. The molecule has 2 nitrogen and oxygen atoms in total. The maximum atomic E-state index is 16.5. The molecule has 0 bridgehead atoms. The number of rotatable bonds is 7. The van der Waals surface area contributed by atoms with Crippen LogP contribution in [0.15, 0.2) is 42.0 Å². The molecule has 4 aliphatic rings. The smallest absolute Gasteiger partial charge is 0.338 e. The molecule has 1 aromatic rings. The molecular weight excluding hydrogens is 495 g/mol. The van der Waals surface area contributed by atoms with Gasteiger partial charge in [0.1, 0.15) is 12.3 Å². The van der Waals surface area contributed by atoms with Gasteiger partial charge in [0.05, 0.1) is 5.56 Å². The molecule has 0 spiro atoms. The number of hydrogen-bond acceptors (Lipinski definition) is 2. The number of alkyl halides is 1. The van der Waals surface area contributed by atoms with Gasteiger partial charge < -0.3 is 4.74 Å². The molecule has 1 aromatic carbocycles. The molecule has 3 heteroatoms. The van der Waals surface area contributed by atoms with Crippen molar-refractivity contribution in [2.45, 2.75) is 125 Å². The number of benzene rings is 1. The molecule has 0 unspecified atom stereocenters. The fourth-order valence-electron chi connectivity index (χ4n) is 10.6. The van der Waals surface area contributed by atoms with Crippen LogP contribution in [0.25, 0.3) is 0 Å². The second-order valence-electron chi connectivity index (χ2n) is 15.9. The summed E-state index contributed by atoms with van der Waals surface area (Å²) >= 11 is 0. The van der Waals surface area contributed by atoms with Gasteiger partial charge in [0.2, 0.25) is 0 Å². The van der Waals surface area contributed by atoms with Gasteiger partial charge in [0.15, 0.2) is 0 Å². The highest BCUT2D eigenvalue weighted by atomic mass is 19.1. The van der Waals surface area contributed by atoms with Crippen molar-refractivity contribution in [2.75, 3.05) is 0 Å². The Hall–Kier alpha value is -1.64. The minimum atomic E-state index is -0.763. The van der Waals surface area contributed by atoms with Crippen molar-refractivity contribution < 1.29 is 13.9 Å². The predicted molar refractivity (Wildman–Crippen MR) is 163 cm³/mol. The summed E-state index contributed by atoms with van der Waals surface area (Å²) in [6.07, 6.45) is 11.3. The van der Waals surface area contributed by atoms with Gasteiger partial charge in [-0.3, -0.25) is 0 Å². The largest absolute Gasteiger partial charge is 0.458 e. The second kappa shape index (κ2) is 10.6. The number of esters is 1. The third-order valence-corrected chi connectivity index (χ3v) is 13.2. The lowest BCUT2D eigenvalue weighted by Crippen LogP contribution is -2.59. The Morgan fingerprint density at radius 3 is 2.38 bits per heavy atom. The van der Waals surface area contributed by atoms with E-state index in [-0.39, 0.29) is 33.7 Å². The first-order valence-electron chi connectivity index (χ1n) is 16.4. The van der Waals surface area contributed by atoms with Gasteiger partial charge in [-0.2, -0.15) is 0 Å². The Labute approximate surface area is 243 Å². The summed E-state index contributed by atoms with van der Waals surface area (Å²) in [7, 11) is 0. The first-order valence-corrected chi connectivity index (χ1v) is 16.4. The highest BCUT2D eigenvalue weighted by Crippen LogP contribution is 2.74. The molecule has 5 rings (SSSR count). The van der Waals surface area contributed by atoms with E-state index in [1.165, 1.54) is 24.8 Å². The topological polar surface area (TPSA) is 26.3 Å². The molecule has 0 aliphatic heterocycles. The lowest BCUT2D eigenvalue weighted by molar-refractivity contribution is -0.137. The fraction of sp³-hybridized carbons (Fsp3) is 0.757. The van der Waals surface area contributed by atoms with E-state index >= 15 is 4.39 Å². The maximum Gasteiger partial charge on any atom is 0.338 e. The van der Waals surface area contributed by atoms with E-state index in [9.17, 15) is 4.79 Å². The van der Waals surface area contributed by atoms with E-state index in [1.807, 2.05) is 30.3 Å². The van der Waals surface area contributed by atoms with Crippen LogP contribution in [0.4, 0.5) is 4.39 Å². The summed E-state index contributed by atoms with van der Waals surface area (Å²) in [5.41, 5.74) is 1.68. The van der Waals surface area contributed by atoms with Gasteiger partial charge in [0.25, 0.3) is 0 Å². The molecule has 0 aromatic heterocycles. The van der Waals surface area contributed by atoms with Crippen LogP contribution in [0.5, 0.6) is 0 Å². The third kappa shape index (κ3) is 4.51. The molecule has 0 saturated heterocycles. The van der Waals surface area contributed by atoms with Crippen LogP contribution >= 0.6 is 0 Å². The summed E-state index contributed by atoms with van der Waals surface area (Å²) in [4.78, 5) is 13.0. The van der Waals surface area contributed by atoms with Crippen LogP contribution in [0.3, 0.4) is 0 Å². The number of ether oxygens (including phenoxy) is 1. The quantitative estimate of drug-likeness (QED) is 0.249. The van der Waals surface area contributed by atoms with E-state index in [1.54, 1.807) is 0 Å². The van der Waals surface area contributed by atoms with Crippen molar-refractivity contribution in [3.8, 4) is 0 Å². The summed E-state index contributed by atoms with van der Waals surface area (Å²) in [5.74, 6) is 2.38. The molecule has 3 saturated carbocycles. The zero-order valence-electron chi connectivity index (χ0n) is 26.6. The minimum absolute atomic E-state index is 0.0210. The molecule has 9 atom stereocenters. The molecule has 0 N–H and O–H groups in total. The minimum Gasteiger partial charge on any atom is -0.458 e. The van der Waals surface area contributed by atoms with Crippen molar-refractivity contribution in [1.29, 1.82) is 0 Å². The van der Waals surface area contributed by atoms with E-state index < -0.39 is 6.17 Å². The van der Waals surface area contributed by atoms with E-state index in [0.29, 0.717) is 29.2 Å². The van der Waals surface area contributed by atoms with Crippen LogP contribution in [0, 0.1) is 51.2 Å². The summed E-state index contributed by atoms with van der Waals surface area (Å²) < 4.78 is 22.7. The number of halogens is 1. The van der Waals surface area contributed by atoms with Crippen LogP contribution in [0.1, 0.15) is 124 Å². The SMILES string of the molecule is CC(C)CCC[C@@H](C)[C@H]1C[C@H](F)[C@@]2(C)C3=CC[C@H]4C(C)(C)[C@@H](OC(=O)c5ccccc5)CC[C@]4(C)[C@H]3CC[C@]12C. The van der Waals surface area contributed by atoms with Gasteiger partial charge in [-0.25, -0.2) is 9.18 Å². The average molecular weight is 551 g/mol. The van der Waals surface area contributed by atoms with Gasteiger partial charge >= 0.3 is 5.97 Å². The highest BCUT2D eigenvalue weighted by Gasteiger charge is 2.69. The van der Waals surface area contributed by atoms with Gasteiger partial charge in [-0.15, -0.1) is 0 Å². The van der Waals surface area contributed by atoms with Crippen molar-refractivity contribution >= 4 is 5.97 Å². The number of hydrogen-bond donors (Lipinski definition) is 0. The first-order chi connectivity index (χ1) is 18.8. The number of fused-ring (bicyclic) bond motifs is 5. The van der Waals surface area contributed by atoms with E-state index in [2.05, 4.69) is 61.5 Å². The van der Waals surface area contributed by atoms with Crippen molar-refractivity contribution in [2.24, 2.45) is 51.2 Å². The molecular formula is C37H55FO2. The molecule has 222 valence electrons. The van der Waals surface area contributed by atoms with Crippen LogP contribution in [-0.4, -0.2) is 18.2 Å². The summed E-state index contributed by atoms with van der Waals surface area (Å²) in [5, 5.41) is 0. The lowest BCUT2D eigenvalue weighted by atomic mass is 9.40. The Kier molecular flexibility index (Phi) is 7.88.